The maximum absolute atomic E-state index is 11.9. The van der Waals surface area contributed by atoms with Crippen LogP contribution in [0.15, 0.2) is 42.5 Å². The molecule has 2 aromatic rings. The van der Waals surface area contributed by atoms with Crippen LogP contribution in [-0.2, 0) is 9.53 Å². The monoisotopic (exact) mass is 358 g/mol. The molecule has 0 aromatic heterocycles. The van der Waals surface area contributed by atoms with Crippen LogP contribution in [-0.4, -0.2) is 36.7 Å². The summed E-state index contributed by atoms with van der Waals surface area (Å²) in [5.74, 6) is -1.30. The quantitative estimate of drug-likeness (QED) is 0.706. The summed E-state index contributed by atoms with van der Waals surface area (Å²) >= 11 is 0. The average Bonchev–Trinajstić information content (AvgIpc) is 2.62. The number of imide groups is 1. The van der Waals surface area contributed by atoms with Crippen molar-refractivity contribution in [3.8, 4) is 11.5 Å². The van der Waals surface area contributed by atoms with Gasteiger partial charge in [0.2, 0.25) is 0 Å². The summed E-state index contributed by atoms with van der Waals surface area (Å²) in [6.45, 7) is 1.08. The van der Waals surface area contributed by atoms with Gasteiger partial charge in [0.25, 0.3) is 5.91 Å². The largest absolute Gasteiger partial charge is 0.507 e. The molecule has 136 valence electrons. The Labute approximate surface area is 149 Å². The molecule has 0 aliphatic heterocycles. The van der Waals surface area contributed by atoms with Crippen LogP contribution in [0.25, 0.3) is 0 Å². The van der Waals surface area contributed by atoms with E-state index >= 15 is 0 Å². The maximum atomic E-state index is 11.9. The third-order valence-corrected chi connectivity index (χ3v) is 3.31. The predicted molar refractivity (Wildman–Crippen MR) is 93.3 cm³/mol. The molecule has 3 N–H and O–H groups in total. The van der Waals surface area contributed by atoms with Gasteiger partial charge in [0.1, 0.15) is 17.1 Å². The number of urea groups is 1. The molecular formula is C18H18N2O6. The third kappa shape index (κ3) is 5.23. The van der Waals surface area contributed by atoms with Crippen LogP contribution in [0.5, 0.6) is 11.5 Å². The van der Waals surface area contributed by atoms with Crippen molar-refractivity contribution in [1.29, 1.82) is 0 Å². The second-order valence-electron chi connectivity index (χ2n) is 5.33. The van der Waals surface area contributed by atoms with E-state index in [1.54, 1.807) is 37.3 Å². The molecule has 0 heterocycles. The van der Waals surface area contributed by atoms with Crippen molar-refractivity contribution >= 4 is 23.6 Å². The van der Waals surface area contributed by atoms with Crippen molar-refractivity contribution in [3.63, 3.8) is 0 Å². The number of methoxy groups -OCH3 is 1. The Bertz CT molecular complexity index is 817. The molecule has 0 unspecified atom stereocenters. The summed E-state index contributed by atoms with van der Waals surface area (Å²) < 4.78 is 9.80. The van der Waals surface area contributed by atoms with E-state index < -0.39 is 24.5 Å². The Morgan fingerprint density at radius 1 is 1.08 bits per heavy atom. The van der Waals surface area contributed by atoms with Crippen LogP contribution < -0.4 is 15.4 Å². The molecule has 0 radical (unpaired) electrons. The lowest BCUT2D eigenvalue weighted by atomic mass is 10.1. The van der Waals surface area contributed by atoms with Crippen LogP contribution in [0.2, 0.25) is 0 Å². The number of ether oxygens (including phenoxy) is 2. The summed E-state index contributed by atoms with van der Waals surface area (Å²) in [5.41, 5.74) is 1.15. The van der Waals surface area contributed by atoms with Crippen molar-refractivity contribution in [2.45, 2.75) is 6.92 Å². The standard InChI is InChI=1S/C18H18N2O6/c1-11-3-8-15(21)14(9-11)17(23)26-10-16(22)20-18(24)19-12-4-6-13(25-2)7-5-12/h3-9,21H,10H2,1-2H3,(H2,19,20,22,24). The summed E-state index contributed by atoms with van der Waals surface area (Å²) in [6, 6.07) is 10.1. The molecule has 8 nitrogen and oxygen atoms in total. The molecule has 0 atom stereocenters. The highest BCUT2D eigenvalue weighted by Crippen LogP contribution is 2.19. The molecule has 0 aliphatic carbocycles. The first-order valence-electron chi connectivity index (χ1n) is 7.60. The van der Waals surface area contributed by atoms with Gasteiger partial charge in [-0.15, -0.1) is 0 Å². The molecular weight excluding hydrogens is 340 g/mol. The summed E-state index contributed by atoms with van der Waals surface area (Å²) in [6.07, 6.45) is 0. The molecule has 26 heavy (non-hydrogen) atoms. The Morgan fingerprint density at radius 3 is 2.42 bits per heavy atom. The molecule has 0 spiro atoms. The smallest absolute Gasteiger partial charge is 0.342 e. The number of hydrogen-bond acceptors (Lipinski definition) is 6. The minimum Gasteiger partial charge on any atom is -0.507 e. The highest BCUT2D eigenvalue weighted by molar-refractivity contribution is 6.02. The molecule has 0 fully saturated rings. The van der Waals surface area contributed by atoms with Crippen molar-refractivity contribution < 1.29 is 29.0 Å². The Balaban J connectivity index is 1.83. The minimum absolute atomic E-state index is 0.0551. The molecule has 0 aliphatic rings. The lowest BCUT2D eigenvalue weighted by Gasteiger charge is -2.09. The lowest BCUT2D eigenvalue weighted by Crippen LogP contribution is -2.37. The number of phenols is 1. The van der Waals surface area contributed by atoms with Crippen LogP contribution in [0.4, 0.5) is 10.5 Å². The van der Waals surface area contributed by atoms with E-state index in [9.17, 15) is 19.5 Å². The topological polar surface area (TPSA) is 114 Å². The van der Waals surface area contributed by atoms with Crippen LogP contribution in [0.1, 0.15) is 15.9 Å². The number of esters is 1. The van der Waals surface area contributed by atoms with Gasteiger partial charge in [-0.3, -0.25) is 10.1 Å². The van der Waals surface area contributed by atoms with E-state index in [1.165, 1.54) is 19.2 Å². The van der Waals surface area contributed by atoms with Crippen molar-refractivity contribution in [2.75, 3.05) is 19.0 Å². The van der Waals surface area contributed by atoms with E-state index in [-0.39, 0.29) is 11.3 Å². The summed E-state index contributed by atoms with van der Waals surface area (Å²) in [4.78, 5) is 35.3. The zero-order valence-corrected chi connectivity index (χ0v) is 14.2. The number of rotatable bonds is 5. The van der Waals surface area contributed by atoms with Gasteiger partial charge in [-0.2, -0.15) is 0 Å². The predicted octanol–water partition coefficient (Wildman–Crippen LogP) is 2.21. The molecule has 0 saturated heterocycles. The van der Waals surface area contributed by atoms with Gasteiger partial charge in [-0.25, -0.2) is 9.59 Å². The highest BCUT2D eigenvalue weighted by atomic mass is 16.5. The zero-order chi connectivity index (χ0) is 19.1. The Kier molecular flexibility index (Phi) is 6.15. The Morgan fingerprint density at radius 2 is 1.77 bits per heavy atom. The van der Waals surface area contributed by atoms with Gasteiger partial charge in [-0.1, -0.05) is 11.6 Å². The van der Waals surface area contributed by atoms with E-state index in [0.29, 0.717) is 11.4 Å². The maximum Gasteiger partial charge on any atom is 0.342 e. The first-order valence-corrected chi connectivity index (χ1v) is 7.60. The second-order valence-corrected chi connectivity index (χ2v) is 5.33. The fraction of sp³-hybridized carbons (Fsp3) is 0.167. The SMILES string of the molecule is COc1ccc(NC(=O)NC(=O)COC(=O)c2cc(C)ccc2O)cc1. The number of amides is 3. The average molecular weight is 358 g/mol. The number of carbonyl (C=O) groups excluding carboxylic acids is 3. The van der Waals surface area contributed by atoms with Gasteiger partial charge in [0, 0.05) is 5.69 Å². The number of carbonyl (C=O) groups is 3. The molecule has 8 heteroatoms. The molecule has 0 bridgehead atoms. The second kappa shape index (κ2) is 8.52. The molecule has 3 amide bonds. The van der Waals surface area contributed by atoms with Crippen LogP contribution in [0, 0.1) is 6.92 Å². The molecule has 2 aromatic carbocycles. The number of phenolic OH excluding ortho intramolecular Hbond substituents is 1. The number of aromatic hydroxyl groups is 1. The van der Waals surface area contributed by atoms with Gasteiger partial charge in [-0.05, 0) is 43.3 Å². The van der Waals surface area contributed by atoms with E-state index in [1.807, 2.05) is 5.32 Å². The summed E-state index contributed by atoms with van der Waals surface area (Å²) in [5, 5.41) is 14.1. The van der Waals surface area contributed by atoms with E-state index in [4.69, 9.17) is 9.47 Å². The number of benzene rings is 2. The van der Waals surface area contributed by atoms with Crippen molar-refractivity contribution in [1.82, 2.24) is 5.32 Å². The highest BCUT2D eigenvalue weighted by Gasteiger charge is 2.16. The fourth-order valence-corrected chi connectivity index (χ4v) is 2.02. The van der Waals surface area contributed by atoms with E-state index in [2.05, 4.69) is 5.32 Å². The normalized spacial score (nSPS) is 9.92. The first-order chi connectivity index (χ1) is 12.4. The number of hydrogen-bond donors (Lipinski definition) is 3. The van der Waals surface area contributed by atoms with Crippen LogP contribution in [0.3, 0.4) is 0 Å². The van der Waals surface area contributed by atoms with Gasteiger partial charge in [0.05, 0.1) is 7.11 Å². The number of anilines is 1. The lowest BCUT2D eigenvalue weighted by molar-refractivity contribution is -0.123. The van der Waals surface area contributed by atoms with Gasteiger partial charge in [0.15, 0.2) is 6.61 Å². The molecule has 2 rings (SSSR count). The van der Waals surface area contributed by atoms with Crippen molar-refractivity contribution in [2.24, 2.45) is 0 Å². The summed E-state index contributed by atoms with van der Waals surface area (Å²) in [7, 11) is 1.52. The third-order valence-electron chi connectivity index (χ3n) is 3.31. The Hall–Kier alpha value is -3.55. The first kappa shape index (κ1) is 18.8. The minimum atomic E-state index is -0.864. The molecule has 0 saturated carbocycles. The van der Waals surface area contributed by atoms with Crippen LogP contribution >= 0.6 is 0 Å². The fourth-order valence-electron chi connectivity index (χ4n) is 2.02. The zero-order valence-electron chi connectivity index (χ0n) is 14.2. The van der Waals surface area contributed by atoms with Crippen molar-refractivity contribution in [3.05, 3.63) is 53.6 Å². The van der Waals surface area contributed by atoms with Gasteiger partial charge >= 0.3 is 12.0 Å². The van der Waals surface area contributed by atoms with E-state index in [0.717, 1.165) is 5.56 Å². The number of aryl methyl sites for hydroxylation is 1. The number of nitrogens with one attached hydrogen (secondary N) is 2. The van der Waals surface area contributed by atoms with Gasteiger partial charge < -0.3 is 19.9 Å².